The minimum absolute atomic E-state index is 0.130. The van der Waals surface area contributed by atoms with Crippen LogP contribution in [0.5, 0.6) is 0 Å². The largest absolute Gasteiger partial charge is 0.454 e. The molecule has 0 aliphatic carbocycles. The molecule has 2 aliphatic rings. The van der Waals surface area contributed by atoms with Crippen LogP contribution in [-0.2, 0) is 14.3 Å². The minimum atomic E-state index is -0.515. The Kier molecular flexibility index (Phi) is 3.21. The van der Waals surface area contributed by atoms with Crippen LogP contribution in [0.15, 0.2) is 29.3 Å². The molecule has 0 radical (unpaired) electrons. The van der Waals surface area contributed by atoms with E-state index >= 15 is 0 Å². The van der Waals surface area contributed by atoms with Crippen molar-refractivity contribution in [2.45, 2.75) is 12.8 Å². The van der Waals surface area contributed by atoms with Gasteiger partial charge in [-0.3, -0.25) is 4.79 Å². The SMILES string of the molecule is O=C1COC(=O)C1=Cc1sccc1N1C=CCCC1. The number of cyclic esters (lactones) is 1. The summed E-state index contributed by atoms with van der Waals surface area (Å²) in [5.74, 6) is -0.753. The number of anilines is 1. The lowest BCUT2D eigenvalue weighted by Gasteiger charge is -2.23. The second-order valence-electron chi connectivity index (χ2n) is 4.45. The van der Waals surface area contributed by atoms with Crippen molar-refractivity contribution < 1.29 is 14.3 Å². The number of thiophene rings is 1. The molecule has 1 aromatic rings. The van der Waals surface area contributed by atoms with E-state index in [2.05, 4.69) is 17.2 Å². The van der Waals surface area contributed by atoms with E-state index < -0.39 is 5.97 Å². The highest BCUT2D eigenvalue weighted by Gasteiger charge is 2.28. The number of rotatable bonds is 2. The van der Waals surface area contributed by atoms with E-state index in [1.165, 1.54) is 11.3 Å². The molecule has 0 saturated carbocycles. The first kappa shape index (κ1) is 12.2. The minimum Gasteiger partial charge on any atom is -0.454 e. The second-order valence-corrected chi connectivity index (χ2v) is 5.40. The van der Waals surface area contributed by atoms with Crippen LogP contribution in [0.2, 0.25) is 0 Å². The van der Waals surface area contributed by atoms with E-state index in [0.717, 1.165) is 30.0 Å². The Bertz CT molecular complexity index is 567. The van der Waals surface area contributed by atoms with E-state index in [4.69, 9.17) is 4.74 Å². The fraction of sp³-hybridized carbons (Fsp3) is 0.286. The third-order valence-electron chi connectivity index (χ3n) is 3.17. The summed E-state index contributed by atoms with van der Waals surface area (Å²) < 4.78 is 4.73. The topological polar surface area (TPSA) is 46.6 Å². The molecule has 0 N–H and O–H groups in total. The molecule has 1 fully saturated rings. The molecular weight excluding hydrogens is 262 g/mol. The Balaban J connectivity index is 1.94. The van der Waals surface area contributed by atoms with E-state index in [-0.39, 0.29) is 18.0 Å². The van der Waals surface area contributed by atoms with Gasteiger partial charge < -0.3 is 9.64 Å². The van der Waals surface area contributed by atoms with Gasteiger partial charge in [0.15, 0.2) is 6.61 Å². The molecule has 0 amide bonds. The van der Waals surface area contributed by atoms with Gasteiger partial charge >= 0.3 is 5.97 Å². The predicted molar refractivity (Wildman–Crippen MR) is 74.0 cm³/mol. The van der Waals surface area contributed by atoms with Crippen molar-refractivity contribution in [2.75, 3.05) is 18.1 Å². The average Bonchev–Trinajstić information content (AvgIpc) is 3.02. The number of ether oxygens (including phenoxy) is 1. The molecule has 1 aromatic heterocycles. The zero-order chi connectivity index (χ0) is 13.2. The lowest BCUT2D eigenvalue weighted by atomic mass is 10.1. The number of carbonyl (C=O) groups is 2. The van der Waals surface area contributed by atoms with Gasteiger partial charge in [-0.1, -0.05) is 6.08 Å². The first-order chi connectivity index (χ1) is 9.25. The van der Waals surface area contributed by atoms with Crippen LogP contribution in [0, 0.1) is 0 Å². The standard InChI is InChI=1S/C14H13NO3S/c16-12-9-18-14(17)10(12)8-13-11(4-7-19-13)15-5-2-1-3-6-15/h2,4-5,7-8H,1,3,6,9H2. The quantitative estimate of drug-likeness (QED) is 0.472. The third kappa shape index (κ3) is 2.33. The first-order valence-electron chi connectivity index (χ1n) is 6.18. The molecule has 0 spiro atoms. The van der Waals surface area contributed by atoms with Crippen molar-refractivity contribution in [3.8, 4) is 0 Å². The van der Waals surface area contributed by atoms with Crippen LogP contribution in [0.1, 0.15) is 17.7 Å². The highest BCUT2D eigenvalue weighted by atomic mass is 32.1. The Hall–Kier alpha value is -1.88. The lowest BCUT2D eigenvalue weighted by Crippen LogP contribution is -2.20. The molecule has 19 heavy (non-hydrogen) atoms. The molecule has 5 heteroatoms. The molecule has 3 rings (SSSR count). The summed E-state index contributed by atoms with van der Waals surface area (Å²) in [6.07, 6.45) is 8.06. The van der Waals surface area contributed by atoms with Crippen LogP contribution in [0.25, 0.3) is 6.08 Å². The number of nitrogens with zero attached hydrogens (tertiary/aromatic N) is 1. The smallest absolute Gasteiger partial charge is 0.342 e. The number of hydrogen-bond donors (Lipinski definition) is 0. The van der Waals surface area contributed by atoms with Gasteiger partial charge in [-0.25, -0.2) is 4.79 Å². The molecule has 0 atom stereocenters. The maximum Gasteiger partial charge on any atom is 0.342 e. The van der Waals surface area contributed by atoms with Crippen LogP contribution >= 0.6 is 11.3 Å². The van der Waals surface area contributed by atoms with E-state index in [1.54, 1.807) is 6.08 Å². The zero-order valence-electron chi connectivity index (χ0n) is 10.3. The summed E-state index contributed by atoms with van der Waals surface area (Å²) >= 11 is 1.52. The van der Waals surface area contributed by atoms with Crippen LogP contribution < -0.4 is 4.90 Å². The Morgan fingerprint density at radius 3 is 2.95 bits per heavy atom. The van der Waals surface area contributed by atoms with Crippen molar-refractivity contribution in [1.29, 1.82) is 0 Å². The number of carbonyl (C=O) groups excluding carboxylic acids is 2. The molecule has 0 aromatic carbocycles. The summed E-state index contributed by atoms with van der Waals surface area (Å²) in [4.78, 5) is 26.1. The maximum atomic E-state index is 11.6. The summed E-state index contributed by atoms with van der Waals surface area (Å²) in [5, 5.41) is 1.97. The third-order valence-corrected chi connectivity index (χ3v) is 4.02. The van der Waals surface area contributed by atoms with E-state index in [0.29, 0.717) is 0 Å². The summed E-state index contributed by atoms with van der Waals surface area (Å²) in [6.45, 7) is 0.830. The van der Waals surface area contributed by atoms with Crippen molar-refractivity contribution >= 4 is 34.9 Å². The number of Topliss-reactive ketones (excluding diaryl/α,β-unsaturated/α-hetero) is 1. The van der Waals surface area contributed by atoms with Gasteiger partial charge in [-0.15, -0.1) is 11.3 Å². The average molecular weight is 275 g/mol. The lowest BCUT2D eigenvalue weighted by molar-refractivity contribution is -0.135. The first-order valence-corrected chi connectivity index (χ1v) is 7.06. The highest BCUT2D eigenvalue weighted by molar-refractivity contribution is 7.11. The molecule has 4 nitrogen and oxygen atoms in total. The summed E-state index contributed by atoms with van der Waals surface area (Å²) in [6, 6.07) is 2.01. The number of allylic oxidation sites excluding steroid dienone is 1. The van der Waals surface area contributed by atoms with Gasteiger partial charge in [0.25, 0.3) is 0 Å². The fourth-order valence-electron chi connectivity index (χ4n) is 2.19. The Labute approximate surface area is 115 Å². The highest BCUT2D eigenvalue weighted by Crippen LogP contribution is 2.31. The molecular formula is C14H13NO3S. The predicted octanol–water partition coefficient (Wildman–Crippen LogP) is 2.37. The number of hydrogen-bond acceptors (Lipinski definition) is 5. The summed E-state index contributed by atoms with van der Waals surface area (Å²) in [7, 11) is 0. The van der Waals surface area contributed by atoms with Gasteiger partial charge in [0.1, 0.15) is 5.57 Å². The molecule has 1 saturated heterocycles. The molecule has 2 aliphatic heterocycles. The molecule has 3 heterocycles. The Morgan fingerprint density at radius 1 is 1.37 bits per heavy atom. The molecule has 0 bridgehead atoms. The van der Waals surface area contributed by atoms with Gasteiger partial charge in [0, 0.05) is 12.7 Å². The normalized spacial score (nSPS) is 21.3. The van der Waals surface area contributed by atoms with Crippen molar-refractivity contribution in [2.24, 2.45) is 0 Å². The van der Waals surface area contributed by atoms with Gasteiger partial charge in [-0.05, 0) is 30.4 Å². The van der Waals surface area contributed by atoms with Crippen LogP contribution in [0.4, 0.5) is 5.69 Å². The van der Waals surface area contributed by atoms with Gasteiger partial charge in [0.05, 0.1) is 10.6 Å². The fourth-order valence-corrected chi connectivity index (χ4v) is 3.02. The van der Waals surface area contributed by atoms with Crippen molar-refractivity contribution in [1.82, 2.24) is 0 Å². The Morgan fingerprint density at radius 2 is 2.26 bits per heavy atom. The number of ketones is 1. The van der Waals surface area contributed by atoms with E-state index in [9.17, 15) is 9.59 Å². The zero-order valence-corrected chi connectivity index (χ0v) is 11.1. The van der Waals surface area contributed by atoms with Gasteiger partial charge in [-0.2, -0.15) is 0 Å². The van der Waals surface area contributed by atoms with Crippen LogP contribution in [0.3, 0.4) is 0 Å². The second kappa shape index (κ2) is 5.01. The molecule has 0 unspecified atom stereocenters. The van der Waals surface area contributed by atoms with Crippen molar-refractivity contribution in [3.63, 3.8) is 0 Å². The molecule has 98 valence electrons. The van der Waals surface area contributed by atoms with Crippen LogP contribution in [-0.4, -0.2) is 24.9 Å². The monoisotopic (exact) mass is 275 g/mol. The van der Waals surface area contributed by atoms with E-state index in [1.807, 2.05) is 11.4 Å². The summed E-state index contributed by atoms with van der Waals surface area (Å²) in [5.41, 5.74) is 1.20. The van der Waals surface area contributed by atoms with Crippen molar-refractivity contribution in [3.05, 3.63) is 34.2 Å². The maximum absolute atomic E-state index is 11.6. The van der Waals surface area contributed by atoms with Gasteiger partial charge in [0.2, 0.25) is 5.78 Å². The number of esters is 1.